The number of rotatable bonds is 5. The van der Waals surface area contributed by atoms with Gasteiger partial charge in [0.15, 0.2) is 0 Å². The number of carbonyl (C=O) groups excluding carboxylic acids is 1. The third-order valence-electron chi connectivity index (χ3n) is 4.81. The Morgan fingerprint density at radius 1 is 1.10 bits per heavy atom. The van der Waals surface area contributed by atoms with Crippen LogP contribution in [-0.4, -0.2) is 55.1 Å². The van der Waals surface area contributed by atoms with Crippen LogP contribution in [0.5, 0.6) is 0 Å². The molecule has 1 aromatic heterocycles. The molecule has 1 N–H and O–H groups in total. The van der Waals surface area contributed by atoms with Crippen LogP contribution in [0, 0.1) is 6.92 Å². The Labute approximate surface area is 173 Å². The SMILES string of the molecule is Cc1ccc(S(=O)(=O)N2CCOCC2)cc1C(=O)Nc1ccc(-c2nnco2)cc1. The van der Waals surface area contributed by atoms with E-state index >= 15 is 0 Å². The van der Waals surface area contributed by atoms with Crippen LogP contribution in [0.2, 0.25) is 0 Å². The van der Waals surface area contributed by atoms with E-state index in [0.717, 1.165) is 5.56 Å². The number of nitrogens with one attached hydrogen (secondary N) is 1. The van der Waals surface area contributed by atoms with Crippen LogP contribution in [0.1, 0.15) is 15.9 Å². The summed E-state index contributed by atoms with van der Waals surface area (Å²) in [6, 6.07) is 11.5. The van der Waals surface area contributed by atoms with Gasteiger partial charge in [0.05, 0.1) is 18.1 Å². The van der Waals surface area contributed by atoms with Gasteiger partial charge in [0.1, 0.15) is 0 Å². The summed E-state index contributed by atoms with van der Waals surface area (Å²) in [5.74, 6) is -0.0122. The molecule has 2 heterocycles. The van der Waals surface area contributed by atoms with Crippen LogP contribution >= 0.6 is 0 Å². The average Bonchev–Trinajstić information content (AvgIpc) is 3.30. The van der Waals surface area contributed by atoms with Gasteiger partial charge >= 0.3 is 0 Å². The van der Waals surface area contributed by atoms with Crippen LogP contribution in [0.3, 0.4) is 0 Å². The van der Waals surface area contributed by atoms with Crippen molar-refractivity contribution in [3.63, 3.8) is 0 Å². The number of aromatic nitrogens is 2. The highest BCUT2D eigenvalue weighted by atomic mass is 32.2. The molecule has 1 aliphatic rings. The normalized spacial score (nSPS) is 15.1. The first-order chi connectivity index (χ1) is 14.4. The molecule has 0 radical (unpaired) electrons. The number of hydrogen-bond donors (Lipinski definition) is 1. The van der Waals surface area contributed by atoms with Crippen molar-refractivity contribution in [3.8, 4) is 11.5 Å². The van der Waals surface area contributed by atoms with Crippen LogP contribution in [0.15, 0.2) is 58.2 Å². The molecule has 0 spiro atoms. The Bertz CT molecular complexity index is 1140. The molecule has 10 heteroatoms. The molecule has 0 aliphatic carbocycles. The van der Waals surface area contributed by atoms with Crippen molar-refractivity contribution in [2.45, 2.75) is 11.8 Å². The van der Waals surface area contributed by atoms with Crippen LogP contribution < -0.4 is 5.32 Å². The maximum Gasteiger partial charge on any atom is 0.255 e. The lowest BCUT2D eigenvalue weighted by Crippen LogP contribution is -2.40. The Morgan fingerprint density at radius 3 is 2.50 bits per heavy atom. The van der Waals surface area contributed by atoms with Crippen molar-refractivity contribution in [3.05, 3.63) is 60.0 Å². The van der Waals surface area contributed by atoms with E-state index in [1.807, 2.05) is 0 Å². The monoisotopic (exact) mass is 428 g/mol. The first kappa shape index (κ1) is 20.2. The molecular formula is C20H20N4O5S. The number of aryl methyl sites for hydroxylation is 1. The van der Waals surface area contributed by atoms with Gasteiger partial charge in [-0.3, -0.25) is 4.79 Å². The number of benzene rings is 2. The van der Waals surface area contributed by atoms with E-state index in [0.29, 0.717) is 49.0 Å². The van der Waals surface area contributed by atoms with E-state index < -0.39 is 15.9 Å². The molecule has 156 valence electrons. The second-order valence-corrected chi connectivity index (χ2v) is 8.71. The molecule has 1 fully saturated rings. The lowest BCUT2D eigenvalue weighted by molar-refractivity contribution is 0.0730. The van der Waals surface area contributed by atoms with Crippen molar-refractivity contribution in [1.82, 2.24) is 14.5 Å². The number of amides is 1. The molecule has 30 heavy (non-hydrogen) atoms. The van der Waals surface area contributed by atoms with Crippen molar-refractivity contribution in [1.29, 1.82) is 0 Å². The Morgan fingerprint density at radius 2 is 1.83 bits per heavy atom. The summed E-state index contributed by atoms with van der Waals surface area (Å²) in [5, 5.41) is 10.3. The summed E-state index contributed by atoms with van der Waals surface area (Å²) in [6.07, 6.45) is 1.24. The molecule has 4 rings (SSSR count). The van der Waals surface area contributed by atoms with Crippen LogP contribution in [0.25, 0.3) is 11.5 Å². The minimum atomic E-state index is -3.69. The molecule has 3 aromatic rings. The molecule has 9 nitrogen and oxygen atoms in total. The molecular weight excluding hydrogens is 408 g/mol. The zero-order valence-corrected chi connectivity index (χ0v) is 17.1. The van der Waals surface area contributed by atoms with E-state index in [4.69, 9.17) is 9.15 Å². The summed E-state index contributed by atoms with van der Waals surface area (Å²) in [7, 11) is -3.69. The number of carbonyl (C=O) groups is 1. The molecule has 0 bridgehead atoms. The predicted octanol–water partition coefficient (Wildman–Crippen LogP) is 2.32. The summed E-state index contributed by atoms with van der Waals surface area (Å²) >= 11 is 0. The second-order valence-electron chi connectivity index (χ2n) is 6.77. The van der Waals surface area contributed by atoms with Crippen LogP contribution in [0.4, 0.5) is 5.69 Å². The minimum absolute atomic E-state index is 0.0897. The van der Waals surface area contributed by atoms with Gasteiger partial charge in [-0.1, -0.05) is 6.07 Å². The van der Waals surface area contributed by atoms with Crippen molar-refractivity contribution >= 4 is 21.6 Å². The Balaban J connectivity index is 1.54. The zero-order valence-electron chi connectivity index (χ0n) is 16.2. The highest BCUT2D eigenvalue weighted by Crippen LogP contribution is 2.23. The predicted molar refractivity (Wildman–Crippen MR) is 108 cm³/mol. The number of sulfonamides is 1. The number of anilines is 1. The maximum absolute atomic E-state index is 12.9. The van der Waals surface area contributed by atoms with Gasteiger partial charge in [0.25, 0.3) is 5.91 Å². The lowest BCUT2D eigenvalue weighted by Gasteiger charge is -2.26. The zero-order chi connectivity index (χ0) is 21.1. The molecule has 0 unspecified atom stereocenters. The highest BCUT2D eigenvalue weighted by Gasteiger charge is 2.27. The second kappa shape index (κ2) is 8.34. The summed E-state index contributed by atoms with van der Waals surface area (Å²) in [6.45, 7) is 3.07. The van der Waals surface area contributed by atoms with Gasteiger partial charge in [0, 0.05) is 29.9 Å². The van der Waals surface area contributed by atoms with Gasteiger partial charge in [-0.25, -0.2) is 8.42 Å². The molecule has 1 amide bonds. The maximum atomic E-state index is 12.9. The van der Waals surface area contributed by atoms with E-state index in [2.05, 4.69) is 15.5 Å². The van der Waals surface area contributed by atoms with Gasteiger partial charge in [-0.05, 0) is 48.9 Å². The molecule has 0 saturated carbocycles. The Kier molecular flexibility index (Phi) is 5.62. The summed E-state index contributed by atoms with van der Waals surface area (Å²) in [5.41, 5.74) is 2.26. The van der Waals surface area contributed by atoms with Crippen molar-refractivity contribution in [2.24, 2.45) is 0 Å². The van der Waals surface area contributed by atoms with Crippen molar-refractivity contribution in [2.75, 3.05) is 31.6 Å². The lowest BCUT2D eigenvalue weighted by atomic mass is 10.1. The molecule has 1 aliphatic heterocycles. The standard InChI is InChI=1S/C20H20N4O5S/c1-14-2-7-17(30(26,27)24-8-10-28-11-9-24)12-18(14)19(25)22-16-5-3-15(4-6-16)20-23-21-13-29-20/h2-7,12-13H,8-11H2,1H3,(H,22,25). The molecule has 0 atom stereocenters. The fourth-order valence-corrected chi connectivity index (χ4v) is 4.57. The van der Waals surface area contributed by atoms with Gasteiger partial charge in [-0.2, -0.15) is 4.31 Å². The molecule has 2 aromatic carbocycles. The highest BCUT2D eigenvalue weighted by molar-refractivity contribution is 7.89. The van der Waals surface area contributed by atoms with Gasteiger partial charge < -0.3 is 14.5 Å². The summed E-state index contributed by atoms with van der Waals surface area (Å²) < 4.78 is 37.5. The quantitative estimate of drug-likeness (QED) is 0.663. The Hall–Kier alpha value is -3.08. The van der Waals surface area contributed by atoms with E-state index in [1.165, 1.54) is 22.8 Å². The average molecular weight is 428 g/mol. The van der Waals surface area contributed by atoms with Gasteiger partial charge in [-0.15, -0.1) is 10.2 Å². The number of nitrogens with zero attached hydrogens (tertiary/aromatic N) is 3. The number of hydrogen-bond acceptors (Lipinski definition) is 7. The van der Waals surface area contributed by atoms with Crippen molar-refractivity contribution < 1.29 is 22.4 Å². The first-order valence-corrected chi connectivity index (χ1v) is 10.8. The fourth-order valence-electron chi connectivity index (χ4n) is 3.14. The largest absolute Gasteiger partial charge is 0.423 e. The van der Waals surface area contributed by atoms with E-state index in [9.17, 15) is 13.2 Å². The third kappa shape index (κ3) is 4.11. The number of ether oxygens (including phenoxy) is 1. The first-order valence-electron chi connectivity index (χ1n) is 9.31. The van der Waals surface area contributed by atoms with Gasteiger partial charge in [0.2, 0.25) is 22.3 Å². The molecule has 1 saturated heterocycles. The van der Waals surface area contributed by atoms with E-state index in [-0.39, 0.29) is 4.90 Å². The van der Waals surface area contributed by atoms with E-state index in [1.54, 1.807) is 37.3 Å². The third-order valence-corrected chi connectivity index (χ3v) is 6.71. The number of morpholine rings is 1. The smallest absolute Gasteiger partial charge is 0.255 e. The van der Waals surface area contributed by atoms with Crippen LogP contribution in [-0.2, 0) is 14.8 Å². The fraction of sp³-hybridized carbons (Fsp3) is 0.250. The summed E-state index contributed by atoms with van der Waals surface area (Å²) in [4.78, 5) is 12.9. The minimum Gasteiger partial charge on any atom is -0.423 e. The topological polar surface area (TPSA) is 115 Å².